The second kappa shape index (κ2) is 9.26. The molecule has 1 heterocycles. The maximum atomic E-state index is 12.2. The van der Waals surface area contributed by atoms with Crippen LogP contribution in [0, 0.1) is 17.8 Å². The van der Waals surface area contributed by atoms with Crippen molar-refractivity contribution in [3.05, 3.63) is 36.0 Å². The van der Waals surface area contributed by atoms with Gasteiger partial charge in [-0.2, -0.15) is 0 Å². The van der Waals surface area contributed by atoms with E-state index in [0.29, 0.717) is 24.2 Å². The molecule has 0 radical (unpaired) electrons. The van der Waals surface area contributed by atoms with Crippen molar-refractivity contribution in [3.63, 3.8) is 0 Å². The van der Waals surface area contributed by atoms with Gasteiger partial charge in [0.05, 0.1) is 0 Å². The van der Waals surface area contributed by atoms with E-state index in [1.54, 1.807) is 0 Å². The number of benzene rings is 1. The summed E-state index contributed by atoms with van der Waals surface area (Å²) in [5.74, 6) is 0.609. The summed E-state index contributed by atoms with van der Waals surface area (Å²) in [6.07, 6.45) is 5.82. The Morgan fingerprint density at radius 1 is 1.18 bits per heavy atom. The molecule has 0 unspecified atom stereocenters. The maximum absolute atomic E-state index is 12.2. The molecule has 3 rings (SSSR count). The van der Waals surface area contributed by atoms with Crippen molar-refractivity contribution in [1.29, 1.82) is 0 Å². The predicted octanol–water partition coefficient (Wildman–Crippen LogP) is 4.65. The number of fused-ring (bicyclic) bond motifs is 1. The Bertz CT molecular complexity index is 810. The van der Waals surface area contributed by atoms with Crippen molar-refractivity contribution in [2.45, 2.75) is 59.0 Å². The van der Waals surface area contributed by atoms with E-state index in [1.807, 2.05) is 30.5 Å². The summed E-state index contributed by atoms with van der Waals surface area (Å²) >= 11 is 0. The molecular weight excluding hydrogens is 354 g/mol. The summed E-state index contributed by atoms with van der Waals surface area (Å²) in [7, 11) is 0. The third kappa shape index (κ3) is 5.15. The topological polar surface area (TPSA) is 68.4 Å². The smallest absolute Gasteiger partial charge is 0.344 e. The molecule has 2 aromatic rings. The minimum absolute atomic E-state index is 0.0684. The summed E-state index contributed by atoms with van der Waals surface area (Å²) in [5, 5.41) is 1.11. The van der Waals surface area contributed by atoms with Crippen molar-refractivity contribution >= 4 is 22.8 Å². The quantitative estimate of drug-likeness (QED) is 0.705. The van der Waals surface area contributed by atoms with Crippen molar-refractivity contribution in [1.82, 2.24) is 4.98 Å². The van der Waals surface area contributed by atoms with E-state index in [0.717, 1.165) is 29.3 Å². The van der Waals surface area contributed by atoms with Crippen LogP contribution in [-0.4, -0.2) is 29.6 Å². The van der Waals surface area contributed by atoms with Crippen molar-refractivity contribution in [3.8, 4) is 0 Å². The number of H-pyrrole nitrogens is 1. The summed E-state index contributed by atoms with van der Waals surface area (Å²) in [4.78, 5) is 27.4. The normalized spacial score (nSPS) is 22.4. The second-order valence-electron chi connectivity index (χ2n) is 8.37. The standard InChI is InChI=1S/C23H31NO4/c1-15(2)18-10-8-16(3)12-21(18)28-23(26)14-27-22(25)11-9-17-13-24-20-7-5-4-6-19(17)20/h4-7,13,15-16,18,21,24H,8-12,14H2,1-3H3/t16-,18+,21-/m1/s1. The molecule has 0 saturated heterocycles. The molecule has 152 valence electrons. The first-order valence-corrected chi connectivity index (χ1v) is 10.3. The van der Waals surface area contributed by atoms with Gasteiger partial charge in [0, 0.05) is 23.5 Å². The molecule has 1 aliphatic carbocycles. The molecule has 1 fully saturated rings. The van der Waals surface area contributed by atoms with Crippen molar-refractivity contribution < 1.29 is 19.1 Å². The Hall–Kier alpha value is -2.30. The number of aromatic nitrogens is 1. The zero-order valence-electron chi connectivity index (χ0n) is 17.1. The Labute approximate surface area is 166 Å². The Balaban J connectivity index is 1.44. The number of esters is 2. The minimum atomic E-state index is -0.440. The molecule has 5 nitrogen and oxygen atoms in total. The van der Waals surface area contributed by atoms with Gasteiger partial charge in [0.2, 0.25) is 0 Å². The highest BCUT2D eigenvalue weighted by atomic mass is 16.6. The molecule has 1 saturated carbocycles. The number of aryl methyl sites for hydroxylation is 1. The van der Waals surface area contributed by atoms with Gasteiger partial charge in [-0.1, -0.05) is 45.4 Å². The molecule has 3 atom stereocenters. The van der Waals surface area contributed by atoms with Crippen LogP contribution in [0.2, 0.25) is 0 Å². The van der Waals surface area contributed by atoms with Crippen molar-refractivity contribution in [2.75, 3.05) is 6.61 Å². The molecule has 1 aliphatic rings. The number of ether oxygens (including phenoxy) is 2. The monoisotopic (exact) mass is 385 g/mol. The first-order valence-electron chi connectivity index (χ1n) is 10.3. The Morgan fingerprint density at radius 3 is 2.75 bits per heavy atom. The van der Waals surface area contributed by atoms with Crippen LogP contribution in [-0.2, 0) is 25.5 Å². The molecule has 5 heteroatoms. The van der Waals surface area contributed by atoms with E-state index in [2.05, 4.69) is 25.8 Å². The SMILES string of the molecule is CC(C)[C@@H]1CC[C@@H](C)C[C@H]1OC(=O)COC(=O)CCc1c[nH]c2ccccc12. The summed E-state index contributed by atoms with van der Waals surface area (Å²) in [6, 6.07) is 7.98. The van der Waals surface area contributed by atoms with Crippen LogP contribution >= 0.6 is 0 Å². The zero-order valence-corrected chi connectivity index (χ0v) is 17.1. The zero-order chi connectivity index (χ0) is 20.1. The summed E-state index contributed by atoms with van der Waals surface area (Å²) in [5.41, 5.74) is 2.13. The van der Waals surface area contributed by atoms with Gasteiger partial charge in [-0.05, 0) is 48.6 Å². The number of rotatable bonds is 7. The lowest BCUT2D eigenvalue weighted by atomic mass is 9.75. The second-order valence-corrected chi connectivity index (χ2v) is 8.37. The van der Waals surface area contributed by atoms with Crippen LogP contribution < -0.4 is 0 Å². The van der Waals surface area contributed by atoms with E-state index in [4.69, 9.17) is 9.47 Å². The van der Waals surface area contributed by atoms with Crippen LogP contribution in [0.4, 0.5) is 0 Å². The van der Waals surface area contributed by atoms with Gasteiger partial charge in [0.25, 0.3) is 0 Å². The van der Waals surface area contributed by atoms with Gasteiger partial charge in [0.1, 0.15) is 6.10 Å². The number of carbonyl (C=O) groups excluding carboxylic acids is 2. The van der Waals surface area contributed by atoms with Crippen LogP contribution in [0.3, 0.4) is 0 Å². The number of aromatic amines is 1. The molecule has 0 bridgehead atoms. The van der Waals surface area contributed by atoms with Crippen LogP contribution in [0.5, 0.6) is 0 Å². The number of hydrogen-bond donors (Lipinski definition) is 1. The first kappa shape index (κ1) is 20.4. The molecule has 0 amide bonds. The van der Waals surface area contributed by atoms with Gasteiger partial charge in [-0.25, -0.2) is 4.79 Å². The van der Waals surface area contributed by atoms with E-state index in [1.165, 1.54) is 6.42 Å². The average Bonchev–Trinajstić information content (AvgIpc) is 3.08. The van der Waals surface area contributed by atoms with E-state index >= 15 is 0 Å². The van der Waals surface area contributed by atoms with E-state index in [9.17, 15) is 9.59 Å². The van der Waals surface area contributed by atoms with Crippen LogP contribution in [0.1, 0.15) is 52.0 Å². The average molecular weight is 386 g/mol. The molecule has 1 aromatic carbocycles. The fourth-order valence-electron chi connectivity index (χ4n) is 4.24. The molecule has 28 heavy (non-hydrogen) atoms. The largest absolute Gasteiger partial charge is 0.460 e. The number of nitrogens with one attached hydrogen (secondary N) is 1. The lowest BCUT2D eigenvalue weighted by Gasteiger charge is -2.36. The molecule has 0 aliphatic heterocycles. The maximum Gasteiger partial charge on any atom is 0.344 e. The van der Waals surface area contributed by atoms with Gasteiger partial charge in [0.15, 0.2) is 6.61 Å². The number of hydrogen-bond acceptors (Lipinski definition) is 4. The highest BCUT2D eigenvalue weighted by Crippen LogP contribution is 2.35. The lowest BCUT2D eigenvalue weighted by molar-refractivity contribution is -0.167. The van der Waals surface area contributed by atoms with Crippen LogP contribution in [0.15, 0.2) is 30.5 Å². The van der Waals surface area contributed by atoms with E-state index in [-0.39, 0.29) is 25.1 Å². The molecular formula is C23H31NO4. The minimum Gasteiger partial charge on any atom is -0.460 e. The fourth-order valence-corrected chi connectivity index (χ4v) is 4.24. The molecule has 0 spiro atoms. The first-order chi connectivity index (χ1) is 13.4. The number of carbonyl (C=O) groups is 2. The highest BCUT2D eigenvalue weighted by Gasteiger charge is 2.33. The number of para-hydroxylation sites is 1. The van der Waals surface area contributed by atoms with E-state index < -0.39 is 5.97 Å². The van der Waals surface area contributed by atoms with Gasteiger partial charge < -0.3 is 14.5 Å². The highest BCUT2D eigenvalue weighted by molar-refractivity contribution is 5.84. The third-order valence-electron chi connectivity index (χ3n) is 5.87. The molecule has 1 aromatic heterocycles. The van der Waals surface area contributed by atoms with Gasteiger partial charge in [-0.15, -0.1) is 0 Å². The predicted molar refractivity (Wildman–Crippen MR) is 109 cm³/mol. The van der Waals surface area contributed by atoms with Gasteiger partial charge >= 0.3 is 11.9 Å². The lowest BCUT2D eigenvalue weighted by Crippen LogP contribution is -2.36. The molecule has 1 N–H and O–H groups in total. The van der Waals surface area contributed by atoms with Gasteiger partial charge in [-0.3, -0.25) is 4.79 Å². The van der Waals surface area contributed by atoms with Crippen LogP contribution in [0.25, 0.3) is 10.9 Å². The Morgan fingerprint density at radius 2 is 1.96 bits per heavy atom. The summed E-state index contributed by atoms with van der Waals surface area (Å²) in [6.45, 7) is 6.24. The Kier molecular flexibility index (Phi) is 6.76. The summed E-state index contributed by atoms with van der Waals surface area (Å²) < 4.78 is 10.8. The fraction of sp³-hybridized carbons (Fsp3) is 0.565. The third-order valence-corrected chi connectivity index (χ3v) is 5.87. The van der Waals surface area contributed by atoms with Crippen molar-refractivity contribution in [2.24, 2.45) is 17.8 Å².